The number of aliphatic hydroxyl groups is 1. The molecule has 1 aromatic heterocycles. The minimum Gasteiger partial charge on any atom is -0.496 e. The van der Waals surface area contributed by atoms with E-state index in [1.165, 1.54) is 48.8 Å². The van der Waals surface area contributed by atoms with Gasteiger partial charge in [-0.3, -0.25) is 4.90 Å². The number of aryl methyl sites for hydroxylation is 3. The summed E-state index contributed by atoms with van der Waals surface area (Å²) < 4.78 is 7.78. The number of benzene rings is 1. The zero-order valence-electron chi connectivity index (χ0n) is 17.7. The molecule has 1 saturated heterocycles. The summed E-state index contributed by atoms with van der Waals surface area (Å²) in [6.07, 6.45) is 12.1. The van der Waals surface area contributed by atoms with Crippen molar-refractivity contribution >= 4 is 0 Å². The number of imidazole rings is 1. The number of methoxy groups -OCH3 is 1. The number of hydrogen-bond donors (Lipinski definition) is 1. The first-order valence-electron chi connectivity index (χ1n) is 11.2. The molecule has 0 radical (unpaired) electrons. The maximum atomic E-state index is 11.8. The van der Waals surface area contributed by atoms with Gasteiger partial charge in [-0.05, 0) is 55.7 Å². The van der Waals surface area contributed by atoms with Crippen molar-refractivity contribution in [1.29, 1.82) is 0 Å². The summed E-state index contributed by atoms with van der Waals surface area (Å²) in [6, 6.07) is 4.67. The highest BCUT2D eigenvalue weighted by Crippen LogP contribution is 2.49. The molecule has 2 heterocycles. The van der Waals surface area contributed by atoms with E-state index in [4.69, 9.17) is 4.74 Å². The Morgan fingerprint density at radius 3 is 2.41 bits per heavy atom. The molecule has 29 heavy (non-hydrogen) atoms. The monoisotopic (exact) mass is 395 g/mol. The van der Waals surface area contributed by atoms with Crippen molar-refractivity contribution in [3.8, 4) is 5.75 Å². The average Bonchev–Trinajstić information content (AvgIpc) is 3.15. The van der Waals surface area contributed by atoms with Crippen molar-refractivity contribution in [2.45, 2.75) is 57.1 Å². The Morgan fingerprint density at radius 2 is 1.79 bits per heavy atom. The van der Waals surface area contributed by atoms with Gasteiger partial charge in [-0.1, -0.05) is 12.5 Å². The van der Waals surface area contributed by atoms with Crippen LogP contribution in [0.1, 0.15) is 54.6 Å². The minimum atomic E-state index is -0.799. The molecule has 156 valence electrons. The van der Waals surface area contributed by atoms with Gasteiger partial charge < -0.3 is 14.4 Å². The number of fused-ring (bicyclic) bond motifs is 3. The molecular formula is C24H33N3O2. The minimum absolute atomic E-state index is 0.236. The number of likely N-dealkylation sites (tertiary alicyclic amines) is 1. The van der Waals surface area contributed by atoms with E-state index in [9.17, 15) is 5.11 Å². The van der Waals surface area contributed by atoms with Crippen molar-refractivity contribution in [2.75, 3.05) is 20.2 Å². The highest BCUT2D eigenvalue weighted by atomic mass is 16.5. The third-order valence-electron chi connectivity index (χ3n) is 7.63. The summed E-state index contributed by atoms with van der Waals surface area (Å²) in [7, 11) is 3.79. The summed E-state index contributed by atoms with van der Waals surface area (Å²) in [4.78, 5) is 7.09. The lowest BCUT2D eigenvalue weighted by Crippen LogP contribution is -2.58. The fourth-order valence-corrected chi connectivity index (χ4v) is 6.16. The molecule has 0 amide bonds. The normalized spacial score (nSPS) is 29.5. The summed E-state index contributed by atoms with van der Waals surface area (Å²) >= 11 is 0. The molecule has 5 rings (SSSR count). The number of hydrogen-bond acceptors (Lipinski definition) is 4. The van der Waals surface area contributed by atoms with E-state index < -0.39 is 5.60 Å². The molecule has 2 bridgehead atoms. The van der Waals surface area contributed by atoms with Crippen LogP contribution in [0.3, 0.4) is 0 Å². The molecule has 0 unspecified atom stereocenters. The van der Waals surface area contributed by atoms with Crippen molar-refractivity contribution < 1.29 is 9.84 Å². The fourth-order valence-electron chi connectivity index (χ4n) is 6.16. The molecule has 1 saturated carbocycles. The lowest BCUT2D eigenvalue weighted by Gasteiger charge is -2.52. The van der Waals surface area contributed by atoms with Gasteiger partial charge in [0.15, 0.2) is 0 Å². The summed E-state index contributed by atoms with van der Waals surface area (Å²) in [6.45, 7) is 2.74. The van der Waals surface area contributed by atoms with Crippen LogP contribution in [0.25, 0.3) is 0 Å². The number of rotatable bonds is 4. The Balaban J connectivity index is 1.40. The van der Waals surface area contributed by atoms with Crippen LogP contribution in [0.4, 0.5) is 0 Å². The van der Waals surface area contributed by atoms with E-state index >= 15 is 0 Å². The van der Waals surface area contributed by atoms with E-state index in [1.807, 2.05) is 24.0 Å². The molecular weight excluding hydrogens is 362 g/mol. The van der Waals surface area contributed by atoms with Crippen molar-refractivity contribution in [3.63, 3.8) is 0 Å². The van der Waals surface area contributed by atoms with Crippen LogP contribution in [-0.2, 0) is 32.0 Å². The first-order chi connectivity index (χ1) is 14.1. The predicted octanol–water partition coefficient (Wildman–Crippen LogP) is 3.43. The van der Waals surface area contributed by atoms with Crippen LogP contribution >= 0.6 is 0 Å². The zero-order chi connectivity index (χ0) is 20.0. The Kier molecular flexibility index (Phi) is 4.91. The molecule has 0 spiro atoms. The second-order valence-corrected chi connectivity index (χ2v) is 9.35. The van der Waals surface area contributed by atoms with Crippen LogP contribution in [0.15, 0.2) is 24.5 Å². The number of aromatic nitrogens is 2. The summed E-state index contributed by atoms with van der Waals surface area (Å²) in [5, 5.41) is 11.8. The van der Waals surface area contributed by atoms with E-state index in [1.54, 1.807) is 7.11 Å². The fraction of sp³-hybridized carbons (Fsp3) is 0.625. The summed E-state index contributed by atoms with van der Waals surface area (Å²) in [5.41, 5.74) is 3.48. The number of piperidine rings is 1. The van der Waals surface area contributed by atoms with E-state index in [0.29, 0.717) is 0 Å². The molecule has 1 aliphatic heterocycles. The maximum Gasteiger partial charge on any atom is 0.141 e. The molecule has 2 aliphatic carbocycles. The first kappa shape index (κ1) is 19.1. The first-order valence-corrected chi connectivity index (χ1v) is 11.2. The predicted molar refractivity (Wildman–Crippen MR) is 113 cm³/mol. The van der Waals surface area contributed by atoms with E-state index in [2.05, 4.69) is 22.0 Å². The van der Waals surface area contributed by atoms with Gasteiger partial charge in [-0.2, -0.15) is 0 Å². The lowest BCUT2D eigenvalue weighted by atomic mass is 9.65. The van der Waals surface area contributed by atoms with Gasteiger partial charge in [0.2, 0.25) is 0 Å². The molecule has 1 N–H and O–H groups in total. The van der Waals surface area contributed by atoms with Crippen LogP contribution in [0.2, 0.25) is 0 Å². The third-order valence-corrected chi connectivity index (χ3v) is 7.63. The molecule has 2 fully saturated rings. The molecule has 3 aliphatic rings. The number of ether oxygens (including phenoxy) is 1. The SMILES string of the molecule is COc1cc2c(cc1CN1C[C@H]3CCC[C@H](C1)C3(O)c1nccn1C)CCCC2. The molecule has 1 aromatic carbocycles. The van der Waals surface area contributed by atoms with E-state index in [0.717, 1.165) is 44.0 Å². The van der Waals surface area contributed by atoms with E-state index in [-0.39, 0.29) is 11.8 Å². The van der Waals surface area contributed by atoms with Crippen LogP contribution < -0.4 is 4.74 Å². The third kappa shape index (κ3) is 3.19. The Labute approximate surface area is 173 Å². The van der Waals surface area contributed by atoms with Crippen molar-refractivity contribution in [1.82, 2.24) is 14.5 Å². The van der Waals surface area contributed by atoms with Gasteiger partial charge in [0, 0.05) is 56.5 Å². The topological polar surface area (TPSA) is 50.5 Å². The smallest absolute Gasteiger partial charge is 0.141 e. The van der Waals surface area contributed by atoms with Gasteiger partial charge in [-0.15, -0.1) is 0 Å². The Morgan fingerprint density at radius 1 is 1.10 bits per heavy atom. The van der Waals surface area contributed by atoms with Gasteiger partial charge >= 0.3 is 0 Å². The second-order valence-electron chi connectivity index (χ2n) is 9.35. The highest BCUT2D eigenvalue weighted by molar-refractivity contribution is 5.44. The van der Waals surface area contributed by atoms with Gasteiger partial charge in [0.05, 0.1) is 7.11 Å². The molecule has 5 heteroatoms. The number of nitrogens with zero attached hydrogens (tertiary/aromatic N) is 3. The molecule has 2 aromatic rings. The average molecular weight is 396 g/mol. The highest BCUT2D eigenvalue weighted by Gasteiger charge is 2.53. The molecule has 2 atom stereocenters. The second kappa shape index (κ2) is 7.44. The molecule has 5 nitrogen and oxygen atoms in total. The Hall–Kier alpha value is -1.85. The Bertz CT molecular complexity index is 876. The largest absolute Gasteiger partial charge is 0.496 e. The van der Waals surface area contributed by atoms with Crippen molar-refractivity contribution in [3.05, 3.63) is 47.0 Å². The van der Waals surface area contributed by atoms with Gasteiger partial charge in [-0.25, -0.2) is 4.98 Å². The van der Waals surface area contributed by atoms with Gasteiger partial charge in [0.1, 0.15) is 17.2 Å². The zero-order valence-corrected chi connectivity index (χ0v) is 17.7. The maximum absolute atomic E-state index is 11.8. The van der Waals surface area contributed by atoms with Crippen LogP contribution in [0, 0.1) is 11.8 Å². The van der Waals surface area contributed by atoms with Crippen LogP contribution in [0.5, 0.6) is 5.75 Å². The lowest BCUT2D eigenvalue weighted by molar-refractivity contribution is -0.155. The summed E-state index contributed by atoms with van der Waals surface area (Å²) in [5.74, 6) is 2.35. The standard InChI is InChI=1S/C24H33N3O2/c1-26-11-10-25-23(26)24(28)20-8-5-9-21(24)16-27(15-20)14-19-12-17-6-3-4-7-18(17)13-22(19)29-2/h10-13,20-21,28H,3-9,14-16H2,1-2H3/t20-,21-/m1/s1. The quantitative estimate of drug-likeness (QED) is 0.862. The van der Waals surface area contributed by atoms with Crippen LogP contribution in [-0.4, -0.2) is 39.8 Å². The van der Waals surface area contributed by atoms with Gasteiger partial charge in [0.25, 0.3) is 0 Å². The van der Waals surface area contributed by atoms with Crippen molar-refractivity contribution in [2.24, 2.45) is 18.9 Å².